The van der Waals surface area contributed by atoms with E-state index in [1.54, 1.807) is 32.2 Å². The van der Waals surface area contributed by atoms with E-state index in [4.69, 9.17) is 4.42 Å². The Bertz CT molecular complexity index is 497. The summed E-state index contributed by atoms with van der Waals surface area (Å²) in [5.41, 5.74) is 1.24. The van der Waals surface area contributed by atoms with Crippen molar-refractivity contribution in [2.24, 2.45) is 0 Å². The summed E-state index contributed by atoms with van der Waals surface area (Å²) in [6.07, 6.45) is 1.55. The number of nitrogens with one attached hydrogen (secondary N) is 1. The molecule has 0 saturated carbocycles. The van der Waals surface area contributed by atoms with Crippen LogP contribution in [-0.2, 0) is 0 Å². The largest absolute Gasteiger partial charge is 0.461 e. The zero-order valence-electron chi connectivity index (χ0n) is 8.00. The normalized spacial score (nSPS) is 10.4. The average Bonchev–Trinajstić information content (AvgIpc) is 2.66. The quantitative estimate of drug-likeness (QED) is 0.743. The van der Waals surface area contributed by atoms with Gasteiger partial charge in [-0.25, -0.2) is 4.98 Å². The first-order chi connectivity index (χ1) is 6.68. The van der Waals surface area contributed by atoms with E-state index in [2.05, 4.69) is 9.97 Å². The number of aromatic nitrogens is 2. The van der Waals surface area contributed by atoms with Crippen LogP contribution in [0.3, 0.4) is 0 Å². The van der Waals surface area contributed by atoms with Gasteiger partial charge in [0, 0.05) is 11.3 Å². The molecule has 2 aromatic rings. The van der Waals surface area contributed by atoms with Crippen molar-refractivity contribution in [3.05, 3.63) is 40.0 Å². The van der Waals surface area contributed by atoms with Gasteiger partial charge in [-0.05, 0) is 26.0 Å². The highest BCUT2D eigenvalue weighted by molar-refractivity contribution is 5.46. The van der Waals surface area contributed by atoms with Crippen LogP contribution < -0.4 is 5.56 Å². The molecule has 0 amide bonds. The van der Waals surface area contributed by atoms with Gasteiger partial charge in [-0.3, -0.25) is 4.79 Å². The second kappa shape index (κ2) is 3.14. The first-order valence-corrected chi connectivity index (χ1v) is 4.30. The Morgan fingerprint density at radius 3 is 2.79 bits per heavy atom. The minimum absolute atomic E-state index is 0.121. The maximum absolute atomic E-state index is 11.4. The van der Waals surface area contributed by atoms with Gasteiger partial charge in [-0.2, -0.15) is 0 Å². The molecule has 1 N–H and O–H groups in total. The minimum atomic E-state index is -0.121. The van der Waals surface area contributed by atoms with Gasteiger partial charge in [0.05, 0.1) is 6.26 Å². The van der Waals surface area contributed by atoms with Crippen molar-refractivity contribution < 1.29 is 4.42 Å². The number of hydrogen-bond donors (Lipinski definition) is 1. The van der Waals surface area contributed by atoms with Crippen LogP contribution in [0.4, 0.5) is 0 Å². The van der Waals surface area contributed by atoms with E-state index >= 15 is 0 Å². The Labute approximate surface area is 80.6 Å². The molecule has 0 atom stereocenters. The molecule has 2 heterocycles. The smallest absolute Gasteiger partial charge is 0.254 e. The van der Waals surface area contributed by atoms with Crippen LogP contribution in [0.25, 0.3) is 11.6 Å². The highest BCUT2D eigenvalue weighted by Gasteiger charge is 2.06. The van der Waals surface area contributed by atoms with Gasteiger partial charge in [0.2, 0.25) is 0 Å². The molecular weight excluding hydrogens is 180 g/mol. The fourth-order valence-electron chi connectivity index (χ4n) is 1.18. The molecule has 2 rings (SSSR count). The van der Waals surface area contributed by atoms with Crippen LogP contribution >= 0.6 is 0 Å². The van der Waals surface area contributed by atoms with Crippen LogP contribution in [0.15, 0.2) is 27.6 Å². The molecular formula is C10H10N2O2. The third kappa shape index (κ3) is 1.35. The van der Waals surface area contributed by atoms with Crippen LogP contribution in [0, 0.1) is 13.8 Å². The molecule has 14 heavy (non-hydrogen) atoms. The summed E-state index contributed by atoms with van der Waals surface area (Å²) in [5.74, 6) is 1.05. The predicted octanol–water partition coefficient (Wildman–Crippen LogP) is 1.65. The van der Waals surface area contributed by atoms with Crippen molar-refractivity contribution in [3.63, 3.8) is 0 Å². The Morgan fingerprint density at radius 1 is 1.43 bits per heavy atom. The lowest BCUT2D eigenvalue weighted by Gasteiger charge is -2.00. The summed E-state index contributed by atoms with van der Waals surface area (Å²) in [6.45, 7) is 3.55. The molecule has 0 bridgehead atoms. The molecule has 0 aliphatic carbocycles. The Hall–Kier alpha value is -1.84. The third-order valence-electron chi connectivity index (χ3n) is 2.15. The molecule has 4 heteroatoms. The molecule has 0 radical (unpaired) electrons. The van der Waals surface area contributed by atoms with E-state index in [0.717, 1.165) is 5.69 Å². The van der Waals surface area contributed by atoms with Crippen LogP contribution in [0.5, 0.6) is 0 Å². The molecule has 0 fully saturated rings. The predicted molar refractivity (Wildman–Crippen MR) is 52.0 cm³/mol. The van der Waals surface area contributed by atoms with Gasteiger partial charge < -0.3 is 9.40 Å². The fourth-order valence-corrected chi connectivity index (χ4v) is 1.18. The molecule has 4 nitrogen and oxygen atoms in total. The van der Waals surface area contributed by atoms with Crippen molar-refractivity contribution >= 4 is 0 Å². The van der Waals surface area contributed by atoms with E-state index in [1.165, 1.54) is 0 Å². The van der Waals surface area contributed by atoms with Crippen molar-refractivity contribution in [2.45, 2.75) is 13.8 Å². The van der Waals surface area contributed by atoms with Gasteiger partial charge in [0.1, 0.15) is 0 Å². The minimum Gasteiger partial charge on any atom is -0.461 e. The lowest BCUT2D eigenvalue weighted by Crippen LogP contribution is -2.14. The second-order valence-corrected chi connectivity index (χ2v) is 3.10. The van der Waals surface area contributed by atoms with Gasteiger partial charge in [0.15, 0.2) is 11.6 Å². The number of aryl methyl sites for hydroxylation is 1. The maximum atomic E-state index is 11.4. The zero-order chi connectivity index (χ0) is 10.1. The molecule has 0 aromatic carbocycles. The Morgan fingerprint density at radius 2 is 2.21 bits per heavy atom. The molecule has 2 aromatic heterocycles. The monoisotopic (exact) mass is 190 g/mol. The summed E-state index contributed by atoms with van der Waals surface area (Å²) in [6, 6.07) is 3.51. The van der Waals surface area contributed by atoms with Crippen LogP contribution in [-0.4, -0.2) is 9.97 Å². The molecule has 0 aliphatic rings. The molecule has 0 saturated heterocycles. The average molecular weight is 190 g/mol. The molecule has 0 spiro atoms. The standard InChI is InChI=1S/C10H10N2O2/c1-6-7(2)11-9(12-10(6)13)8-4-3-5-14-8/h3-5H,1-2H3,(H,11,12,13). The number of nitrogens with zero attached hydrogens (tertiary/aromatic N) is 1. The van der Waals surface area contributed by atoms with Crippen LogP contribution in [0.2, 0.25) is 0 Å². The number of aromatic amines is 1. The summed E-state index contributed by atoms with van der Waals surface area (Å²) < 4.78 is 5.14. The number of hydrogen-bond acceptors (Lipinski definition) is 3. The lowest BCUT2D eigenvalue weighted by molar-refractivity contribution is 0.576. The SMILES string of the molecule is Cc1nc(-c2ccco2)[nH]c(=O)c1C. The number of furan rings is 1. The van der Waals surface area contributed by atoms with Gasteiger partial charge in [-0.1, -0.05) is 0 Å². The van der Waals surface area contributed by atoms with Crippen LogP contribution in [0.1, 0.15) is 11.3 Å². The van der Waals surface area contributed by atoms with E-state index in [0.29, 0.717) is 17.1 Å². The summed E-state index contributed by atoms with van der Waals surface area (Å²) in [7, 11) is 0. The summed E-state index contributed by atoms with van der Waals surface area (Å²) in [5, 5.41) is 0. The van der Waals surface area contributed by atoms with E-state index in [9.17, 15) is 4.79 Å². The topological polar surface area (TPSA) is 58.9 Å². The lowest BCUT2D eigenvalue weighted by atomic mass is 10.2. The third-order valence-corrected chi connectivity index (χ3v) is 2.15. The zero-order valence-corrected chi connectivity index (χ0v) is 8.00. The first-order valence-electron chi connectivity index (χ1n) is 4.30. The fraction of sp³-hybridized carbons (Fsp3) is 0.200. The Balaban J connectivity index is 2.63. The van der Waals surface area contributed by atoms with Crippen molar-refractivity contribution in [1.82, 2.24) is 9.97 Å². The summed E-state index contributed by atoms with van der Waals surface area (Å²) >= 11 is 0. The van der Waals surface area contributed by atoms with Crippen molar-refractivity contribution in [2.75, 3.05) is 0 Å². The highest BCUT2D eigenvalue weighted by atomic mass is 16.3. The molecule has 0 aliphatic heterocycles. The first kappa shape index (κ1) is 8.74. The molecule has 0 unspecified atom stereocenters. The second-order valence-electron chi connectivity index (χ2n) is 3.10. The number of rotatable bonds is 1. The maximum Gasteiger partial charge on any atom is 0.254 e. The number of H-pyrrole nitrogens is 1. The Kier molecular flexibility index (Phi) is 1.96. The van der Waals surface area contributed by atoms with Crippen molar-refractivity contribution in [1.29, 1.82) is 0 Å². The van der Waals surface area contributed by atoms with E-state index < -0.39 is 0 Å². The van der Waals surface area contributed by atoms with E-state index in [-0.39, 0.29) is 5.56 Å². The highest BCUT2D eigenvalue weighted by Crippen LogP contribution is 2.13. The van der Waals surface area contributed by atoms with Gasteiger partial charge in [-0.15, -0.1) is 0 Å². The van der Waals surface area contributed by atoms with Gasteiger partial charge >= 0.3 is 0 Å². The molecule has 72 valence electrons. The van der Waals surface area contributed by atoms with Gasteiger partial charge in [0.25, 0.3) is 5.56 Å². The van der Waals surface area contributed by atoms with E-state index in [1.807, 2.05) is 0 Å². The summed E-state index contributed by atoms with van der Waals surface area (Å²) in [4.78, 5) is 18.3. The van der Waals surface area contributed by atoms with Crippen molar-refractivity contribution in [3.8, 4) is 11.6 Å².